The average molecular weight is 1450 g/mol. The van der Waals surface area contributed by atoms with Crippen LogP contribution in [0.25, 0.3) is 0 Å². The second-order valence-corrected chi connectivity index (χ2v) is 30.7. The summed E-state index contributed by atoms with van der Waals surface area (Å²) >= 11 is 0. The van der Waals surface area contributed by atoms with E-state index < -0.39 is 96.4 Å². The van der Waals surface area contributed by atoms with Crippen LogP contribution in [0.5, 0.6) is 0 Å². The maximum absolute atomic E-state index is 13.9. The summed E-state index contributed by atoms with van der Waals surface area (Å²) in [4.78, 5) is 53.0. The van der Waals surface area contributed by atoms with Crippen LogP contribution in [0, 0.1) is 10.8 Å². The number of unbranched alkanes of at least 4 members (excludes halogenated alkanes) is 22. The normalized spacial score (nSPS) is 26.2. The first-order valence-electron chi connectivity index (χ1n) is 39.6. The molecule has 6 N–H and O–H groups in total. The average Bonchev–Trinajstić information content (AvgIpc) is 0.781. The summed E-state index contributed by atoms with van der Waals surface area (Å²) in [6.07, 6.45) is 50.9. The second kappa shape index (κ2) is 50.2. The molecule has 16 heteroatoms. The van der Waals surface area contributed by atoms with Gasteiger partial charge in [0.15, 0.2) is 24.1 Å². The molecular formula is C88H136O16. The molecule has 584 valence electrons. The minimum absolute atomic E-state index is 0.222. The molecule has 16 nitrogen and oxygen atoms in total. The number of esters is 2. The molecule has 0 aromatic heterocycles. The van der Waals surface area contributed by atoms with Crippen molar-refractivity contribution in [1.82, 2.24) is 0 Å². The van der Waals surface area contributed by atoms with E-state index in [2.05, 4.69) is 38.2 Å². The summed E-state index contributed by atoms with van der Waals surface area (Å²) in [7, 11) is 0. The van der Waals surface area contributed by atoms with Crippen LogP contribution in [0.15, 0.2) is 154 Å². The monoisotopic (exact) mass is 1450 g/mol. The number of carbonyl (C=O) groups excluding carboxylic acids is 4. The van der Waals surface area contributed by atoms with Gasteiger partial charge in [0, 0.05) is 12.8 Å². The van der Waals surface area contributed by atoms with Gasteiger partial charge in [0.25, 0.3) is 0 Å². The lowest BCUT2D eigenvalue weighted by molar-refractivity contribution is -0.310. The lowest BCUT2D eigenvalue weighted by atomic mass is 9.71. The highest BCUT2D eigenvalue weighted by atomic mass is 16.7. The van der Waals surface area contributed by atoms with Gasteiger partial charge in [-0.3, -0.25) is 19.2 Å². The van der Waals surface area contributed by atoms with Crippen LogP contribution < -0.4 is 0 Å². The minimum Gasteiger partial charge on any atom is -0.463 e. The van der Waals surface area contributed by atoms with E-state index in [0.29, 0.717) is 24.0 Å². The zero-order valence-electron chi connectivity index (χ0n) is 65.7. The SMILES string of the molecule is CCCCCCCC/C=C\CCCCCCCC(=O)OC[C@H]1O[C@@H](O[C@H]2CC(C)(C)C(/C=C/C(C)=C/C=C/C(C)=C/C=C/C=C(C)/C=C/C=C(C)/C=C/C3=C(C)C(=O)[C@@H](O[C@@H]4O[C@H](COC(=O)CCCCCCC/C=C\CCCCCCCC)[C@@H](O)[C@H](O)[C@H]4O)CC3(C)C)=C(C)C2=O)[C@H](O)[C@@H](O)[C@@H]1O. The van der Waals surface area contributed by atoms with Gasteiger partial charge in [0.1, 0.15) is 74.3 Å². The van der Waals surface area contributed by atoms with E-state index in [4.69, 9.17) is 28.4 Å². The second-order valence-electron chi connectivity index (χ2n) is 30.7. The molecule has 2 aliphatic heterocycles. The maximum atomic E-state index is 13.9. The fraction of sp³-hybridized carbons (Fsp3) is 0.659. The number of rotatable bonds is 48. The molecule has 12 atom stereocenters. The maximum Gasteiger partial charge on any atom is 0.305 e. The van der Waals surface area contributed by atoms with Crippen LogP contribution in [0.4, 0.5) is 0 Å². The smallest absolute Gasteiger partial charge is 0.305 e. The molecule has 0 unspecified atom stereocenters. The van der Waals surface area contributed by atoms with E-state index in [-0.39, 0.29) is 50.5 Å². The fourth-order valence-electron chi connectivity index (χ4n) is 13.6. The summed E-state index contributed by atoms with van der Waals surface area (Å²) in [5.41, 5.74) is 5.66. The van der Waals surface area contributed by atoms with Crippen LogP contribution in [0.3, 0.4) is 0 Å². The van der Waals surface area contributed by atoms with E-state index in [9.17, 15) is 49.8 Å². The summed E-state index contributed by atoms with van der Waals surface area (Å²) in [6.45, 7) is 23.4. The van der Waals surface area contributed by atoms with Crippen LogP contribution in [0.1, 0.15) is 276 Å². The van der Waals surface area contributed by atoms with Gasteiger partial charge in [0.2, 0.25) is 0 Å². The Morgan fingerprint density at radius 1 is 0.413 bits per heavy atom. The van der Waals surface area contributed by atoms with Crippen molar-refractivity contribution < 1.29 is 78.2 Å². The number of allylic oxidation sites excluding steroid dienone is 24. The highest BCUT2D eigenvalue weighted by Crippen LogP contribution is 2.43. The van der Waals surface area contributed by atoms with Gasteiger partial charge in [0.05, 0.1) is 0 Å². The lowest BCUT2D eigenvalue weighted by Gasteiger charge is -2.43. The molecular weight excluding hydrogens is 1310 g/mol. The van der Waals surface area contributed by atoms with Crippen LogP contribution in [-0.2, 0) is 47.6 Å². The molecule has 4 rings (SSSR count). The van der Waals surface area contributed by atoms with Gasteiger partial charge < -0.3 is 59.1 Å². The van der Waals surface area contributed by atoms with Crippen molar-refractivity contribution in [3.05, 3.63) is 154 Å². The van der Waals surface area contributed by atoms with E-state index in [1.807, 2.05) is 140 Å². The zero-order chi connectivity index (χ0) is 76.5. The Hall–Kier alpha value is -5.50. The van der Waals surface area contributed by atoms with Crippen molar-refractivity contribution in [3.63, 3.8) is 0 Å². The predicted molar refractivity (Wildman–Crippen MR) is 417 cm³/mol. The van der Waals surface area contributed by atoms with E-state index in [1.54, 1.807) is 13.8 Å². The molecule has 0 amide bonds. The third kappa shape index (κ3) is 33.7. The molecule has 0 bridgehead atoms. The molecule has 2 saturated heterocycles. The van der Waals surface area contributed by atoms with Gasteiger partial charge in [-0.25, -0.2) is 0 Å². The van der Waals surface area contributed by atoms with Gasteiger partial charge in [-0.15, -0.1) is 0 Å². The number of ether oxygens (including phenoxy) is 6. The number of hydrogen-bond acceptors (Lipinski definition) is 16. The Morgan fingerprint density at radius 3 is 1.05 bits per heavy atom. The van der Waals surface area contributed by atoms with Gasteiger partial charge in [-0.1, -0.05) is 276 Å². The largest absolute Gasteiger partial charge is 0.463 e. The van der Waals surface area contributed by atoms with Crippen molar-refractivity contribution in [3.8, 4) is 0 Å². The standard InChI is InChI=1S/C88H136O16/c1-13-15-17-19-21-23-25-27-29-31-33-35-37-39-41-53-75(89)99-61-73-79(93)81(95)83(97)85(103-73)101-71-59-87(9,10)69(67(7)77(71)91)57-55-65(5)51-45-49-63(3)47-43-44-48-64(4)50-46-52-66(6)56-58-70-68(8)78(92)72(60-88(70,11)12)102-86-84(98)82(96)80(94)74(104-86)62-100-76(90)54-42-40-38-36-34-32-30-28-26-24-22-20-18-16-14-2/h27-30,43-52,55-58,71-74,79-86,93-98H,13-26,31-42,53-54,59-62H2,1-12H3/b29-27-,30-28-,44-43+,49-45+,50-46+,57-55+,58-56+,63-47+,64-48+,65-51+,66-52+/t71-,72-,73+,74+,79+,80+,81-,82-,83+,84+,85+,86+/m0/s1. The number of carbonyl (C=O) groups is 4. The molecule has 0 aromatic rings. The number of aliphatic hydroxyl groups excluding tert-OH is 6. The van der Waals surface area contributed by atoms with Gasteiger partial charge >= 0.3 is 11.9 Å². The van der Waals surface area contributed by atoms with Crippen molar-refractivity contribution in [2.24, 2.45) is 10.8 Å². The lowest BCUT2D eigenvalue weighted by Crippen LogP contribution is -2.60. The summed E-state index contributed by atoms with van der Waals surface area (Å²) in [6, 6.07) is 0. The van der Waals surface area contributed by atoms with Gasteiger partial charge in [-0.05, 0) is 152 Å². The van der Waals surface area contributed by atoms with Crippen LogP contribution in [-0.4, -0.2) is 141 Å². The first-order chi connectivity index (χ1) is 49.7. The Kier molecular flexibility index (Phi) is 43.9. The molecule has 0 aromatic carbocycles. The molecule has 0 radical (unpaired) electrons. The van der Waals surface area contributed by atoms with E-state index in [0.717, 1.165) is 110 Å². The van der Waals surface area contributed by atoms with Gasteiger partial charge in [-0.2, -0.15) is 0 Å². The van der Waals surface area contributed by atoms with Crippen molar-refractivity contribution in [2.45, 2.75) is 349 Å². The van der Waals surface area contributed by atoms with Crippen LogP contribution in [0.2, 0.25) is 0 Å². The number of Topliss-reactive ketones (excluding diaryl/α,β-unsaturated/α-hetero) is 2. The molecule has 2 heterocycles. The minimum atomic E-state index is -1.65. The molecule has 4 aliphatic rings. The van der Waals surface area contributed by atoms with E-state index in [1.165, 1.54) is 77.0 Å². The van der Waals surface area contributed by atoms with Crippen molar-refractivity contribution in [2.75, 3.05) is 13.2 Å². The fourth-order valence-corrected chi connectivity index (χ4v) is 13.6. The molecule has 104 heavy (non-hydrogen) atoms. The first-order valence-corrected chi connectivity index (χ1v) is 39.6. The van der Waals surface area contributed by atoms with E-state index >= 15 is 0 Å². The molecule has 0 spiro atoms. The Morgan fingerprint density at radius 2 is 0.712 bits per heavy atom. The Balaban J connectivity index is 1.18. The highest BCUT2D eigenvalue weighted by Gasteiger charge is 2.50. The van der Waals surface area contributed by atoms with Crippen molar-refractivity contribution in [1.29, 1.82) is 0 Å². The number of hydrogen-bond donors (Lipinski definition) is 6. The first kappa shape index (κ1) is 90.9. The quantitative estimate of drug-likeness (QED) is 0.0144. The number of ketones is 2. The summed E-state index contributed by atoms with van der Waals surface area (Å²) in [5.74, 6) is -1.42. The van der Waals surface area contributed by atoms with Crippen LogP contribution >= 0.6 is 0 Å². The predicted octanol–water partition coefficient (Wildman–Crippen LogP) is 17.7. The third-order valence-electron chi connectivity index (χ3n) is 20.3. The molecule has 2 aliphatic carbocycles. The zero-order valence-corrected chi connectivity index (χ0v) is 65.7. The Bertz CT molecular complexity index is 2810. The third-order valence-corrected chi connectivity index (χ3v) is 20.3. The molecule has 2 fully saturated rings. The topological polar surface area (TPSA) is 245 Å². The highest BCUT2D eigenvalue weighted by molar-refractivity contribution is 6.01. The van der Waals surface area contributed by atoms with Crippen molar-refractivity contribution >= 4 is 23.5 Å². The molecule has 0 saturated carbocycles. The summed E-state index contributed by atoms with van der Waals surface area (Å²) < 4.78 is 34.9. The number of aliphatic hydroxyl groups is 6. The Labute approximate surface area is 626 Å². The summed E-state index contributed by atoms with van der Waals surface area (Å²) in [5, 5.41) is 65.0.